The fraction of sp³-hybridized carbons (Fsp3) is 0.438. The summed E-state index contributed by atoms with van der Waals surface area (Å²) in [6.07, 6.45) is 3.22. The highest BCUT2D eigenvalue weighted by molar-refractivity contribution is 5.91. The minimum Gasteiger partial charge on any atom is -0.443 e. The molecule has 0 saturated carbocycles. The van der Waals surface area contributed by atoms with Crippen LogP contribution in [-0.4, -0.2) is 17.7 Å². The first-order valence-corrected chi connectivity index (χ1v) is 6.63. The SMILES string of the molecule is C=CC[C@@H]1Cc2ccccc2N1C(=O)OC(C)(C)C. The highest BCUT2D eigenvalue weighted by atomic mass is 16.6. The van der Waals surface area contributed by atoms with Crippen molar-refractivity contribution in [3.8, 4) is 0 Å². The number of anilines is 1. The molecule has 3 heteroatoms. The first-order valence-electron chi connectivity index (χ1n) is 6.63. The fourth-order valence-electron chi connectivity index (χ4n) is 2.40. The molecule has 1 atom stereocenters. The predicted octanol–water partition coefficient (Wildman–Crippen LogP) is 3.93. The molecule has 1 aliphatic rings. The number of amides is 1. The molecular weight excluding hydrogens is 238 g/mol. The van der Waals surface area contributed by atoms with E-state index in [9.17, 15) is 4.79 Å². The summed E-state index contributed by atoms with van der Waals surface area (Å²) in [5, 5.41) is 0. The largest absolute Gasteiger partial charge is 0.443 e. The van der Waals surface area contributed by atoms with Gasteiger partial charge in [-0.3, -0.25) is 4.90 Å². The normalized spacial score (nSPS) is 18.1. The second-order valence-corrected chi connectivity index (χ2v) is 5.86. The highest BCUT2D eigenvalue weighted by Crippen LogP contribution is 2.34. The van der Waals surface area contributed by atoms with E-state index < -0.39 is 5.60 Å². The van der Waals surface area contributed by atoms with Gasteiger partial charge in [0.15, 0.2) is 0 Å². The first kappa shape index (κ1) is 13.7. The summed E-state index contributed by atoms with van der Waals surface area (Å²) in [6, 6.07) is 8.11. The van der Waals surface area contributed by atoms with Gasteiger partial charge in [-0.25, -0.2) is 4.79 Å². The molecule has 3 nitrogen and oxygen atoms in total. The second-order valence-electron chi connectivity index (χ2n) is 5.86. The minimum absolute atomic E-state index is 0.116. The van der Waals surface area contributed by atoms with E-state index in [1.807, 2.05) is 45.0 Å². The fourth-order valence-corrected chi connectivity index (χ4v) is 2.40. The molecule has 1 aliphatic heterocycles. The Bertz CT molecular complexity index is 488. The second kappa shape index (κ2) is 5.08. The molecule has 102 valence electrons. The number of ether oxygens (including phenoxy) is 1. The standard InChI is InChI=1S/C16H21NO2/c1-5-8-13-11-12-9-6-7-10-14(12)17(13)15(18)19-16(2,3)4/h5-7,9-10,13H,1,8,11H2,2-4H3/t13-/m1/s1. The molecule has 0 aliphatic carbocycles. The first-order chi connectivity index (χ1) is 8.92. The van der Waals surface area contributed by atoms with Crippen LogP contribution in [0.4, 0.5) is 10.5 Å². The highest BCUT2D eigenvalue weighted by Gasteiger charge is 2.35. The maximum absolute atomic E-state index is 12.4. The Morgan fingerprint density at radius 2 is 2.16 bits per heavy atom. The number of para-hydroxylation sites is 1. The van der Waals surface area contributed by atoms with Crippen LogP contribution in [0.15, 0.2) is 36.9 Å². The van der Waals surface area contributed by atoms with Crippen molar-refractivity contribution in [2.45, 2.75) is 45.3 Å². The Morgan fingerprint density at radius 1 is 1.47 bits per heavy atom. The average Bonchev–Trinajstić information content (AvgIpc) is 2.65. The molecule has 2 rings (SSSR count). The summed E-state index contributed by atoms with van der Waals surface area (Å²) < 4.78 is 5.51. The summed E-state index contributed by atoms with van der Waals surface area (Å²) in [5.74, 6) is 0. The van der Waals surface area contributed by atoms with Crippen LogP contribution in [-0.2, 0) is 11.2 Å². The van der Waals surface area contributed by atoms with E-state index in [2.05, 4.69) is 12.6 Å². The molecule has 19 heavy (non-hydrogen) atoms. The summed E-state index contributed by atoms with van der Waals surface area (Å²) in [4.78, 5) is 14.1. The van der Waals surface area contributed by atoms with Crippen LogP contribution in [0, 0.1) is 0 Å². The van der Waals surface area contributed by atoms with E-state index in [0.29, 0.717) is 0 Å². The van der Waals surface area contributed by atoms with Crippen LogP contribution >= 0.6 is 0 Å². The molecule has 1 amide bonds. The predicted molar refractivity (Wildman–Crippen MR) is 77.5 cm³/mol. The lowest BCUT2D eigenvalue weighted by Crippen LogP contribution is -2.41. The van der Waals surface area contributed by atoms with Gasteiger partial charge in [0.2, 0.25) is 0 Å². The van der Waals surface area contributed by atoms with Crippen molar-refractivity contribution in [2.75, 3.05) is 4.90 Å². The van der Waals surface area contributed by atoms with Gasteiger partial charge in [0.05, 0.1) is 5.69 Å². The summed E-state index contributed by atoms with van der Waals surface area (Å²) in [7, 11) is 0. The van der Waals surface area contributed by atoms with Gasteiger partial charge in [-0.1, -0.05) is 24.3 Å². The van der Waals surface area contributed by atoms with Gasteiger partial charge in [-0.15, -0.1) is 6.58 Å². The van der Waals surface area contributed by atoms with E-state index in [-0.39, 0.29) is 12.1 Å². The summed E-state index contributed by atoms with van der Waals surface area (Å²) in [6.45, 7) is 9.43. The molecule has 1 aromatic carbocycles. The van der Waals surface area contributed by atoms with Gasteiger partial charge in [0, 0.05) is 6.04 Å². The minimum atomic E-state index is -0.479. The molecule has 0 aromatic heterocycles. The van der Waals surface area contributed by atoms with Crippen LogP contribution in [0.2, 0.25) is 0 Å². The number of fused-ring (bicyclic) bond motifs is 1. The van der Waals surface area contributed by atoms with Crippen LogP contribution in [0.5, 0.6) is 0 Å². The van der Waals surface area contributed by atoms with E-state index in [4.69, 9.17) is 4.74 Å². The maximum atomic E-state index is 12.4. The zero-order valence-corrected chi connectivity index (χ0v) is 11.8. The molecular formula is C16H21NO2. The number of nitrogens with zero attached hydrogens (tertiary/aromatic N) is 1. The van der Waals surface area contributed by atoms with Crippen molar-refractivity contribution in [3.05, 3.63) is 42.5 Å². The Balaban J connectivity index is 2.28. The van der Waals surface area contributed by atoms with E-state index >= 15 is 0 Å². The Hall–Kier alpha value is -1.77. The van der Waals surface area contributed by atoms with Gasteiger partial charge in [-0.05, 0) is 45.2 Å². The summed E-state index contributed by atoms with van der Waals surface area (Å²) in [5.41, 5.74) is 1.68. The lowest BCUT2D eigenvalue weighted by atomic mass is 10.1. The molecule has 0 saturated heterocycles. The van der Waals surface area contributed by atoms with Gasteiger partial charge in [-0.2, -0.15) is 0 Å². The van der Waals surface area contributed by atoms with Crippen LogP contribution in [0.3, 0.4) is 0 Å². The maximum Gasteiger partial charge on any atom is 0.415 e. The number of rotatable bonds is 2. The monoisotopic (exact) mass is 259 g/mol. The number of carbonyl (C=O) groups is 1. The number of benzene rings is 1. The zero-order valence-electron chi connectivity index (χ0n) is 11.8. The number of hydrogen-bond donors (Lipinski definition) is 0. The Kier molecular flexibility index (Phi) is 3.65. The van der Waals surface area contributed by atoms with Gasteiger partial charge in [0.25, 0.3) is 0 Å². The van der Waals surface area contributed by atoms with Gasteiger partial charge < -0.3 is 4.74 Å². The Morgan fingerprint density at radius 3 is 2.79 bits per heavy atom. The smallest absolute Gasteiger partial charge is 0.415 e. The third kappa shape index (κ3) is 2.98. The number of hydrogen-bond acceptors (Lipinski definition) is 2. The van der Waals surface area contributed by atoms with Gasteiger partial charge >= 0.3 is 6.09 Å². The molecule has 0 fully saturated rings. The van der Waals surface area contributed by atoms with E-state index in [1.165, 1.54) is 5.56 Å². The quantitative estimate of drug-likeness (QED) is 0.753. The third-order valence-electron chi connectivity index (χ3n) is 3.10. The lowest BCUT2D eigenvalue weighted by Gasteiger charge is -2.28. The summed E-state index contributed by atoms with van der Waals surface area (Å²) >= 11 is 0. The zero-order chi connectivity index (χ0) is 14.0. The molecule has 0 bridgehead atoms. The molecule has 0 radical (unpaired) electrons. The van der Waals surface area contributed by atoms with Crippen LogP contribution in [0.25, 0.3) is 0 Å². The van der Waals surface area contributed by atoms with Crippen LogP contribution in [0.1, 0.15) is 32.8 Å². The van der Waals surface area contributed by atoms with Crippen molar-refractivity contribution in [1.82, 2.24) is 0 Å². The van der Waals surface area contributed by atoms with E-state index in [0.717, 1.165) is 18.5 Å². The van der Waals surface area contributed by atoms with Gasteiger partial charge in [0.1, 0.15) is 5.60 Å². The van der Waals surface area contributed by atoms with Crippen molar-refractivity contribution < 1.29 is 9.53 Å². The molecule has 0 N–H and O–H groups in total. The third-order valence-corrected chi connectivity index (χ3v) is 3.10. The average molecular weight is 259 g/mol. The molecule has 1 heterocycles. The van der Waals surface area contributed by atoms with E-state index in [1.54, 1.807) is 4.90 Å². The number of carbonyl (C=O) groups excluding carboxylic acids is 1. The van der Waals surface area contributed by atoms with Crippen molar-refractivity contribution >= 4 is 11.8 Å². The molecule has 0 spiro atoms. The topological polar surface area (TPSA) is 29.5 Å². The van der Waals surface area contributed by atoms with Crippen molar-refractivity contribution in [3.63, 3.8) is 0 Å². The molecule has 0 unspecified atom stereocenters. The van der Waals surface area contributed by atoms with Crippen molar-refractivity contribution in [2.24, 2.45) is 0 Å². The molecule has 1 aromatic rings. The van der Waals surface area contributed by atoms with Crippen molar-refractivity contribution in [1.29, 1.82) is 0 Å². The lowest BCUT2D eigenvalue weighted by molar-refractivity contribution is 0.0570. The van der Waals surface area contributed by atoms with Crippen LogP contribution < -0.4 is 4.90 Å². The Labute approximate surface area is 114 Å².